The average Bonchev–Trinajstić information content (AvgIpc) is 2.50. The summed E-state index contributed by atoms with van der Waals surface area (Å²) in [5.74, 6) is 0. The third kappa shape index (κ3) is 6.55. The van der Waals surface area contributed by atoms with Crippen molar-refractivity contribution >= 4 is 89.2 Å². The summed E-state index contributed by atoms with van der Waals surface area (Å²) >= 11 is 0. The zero-order valence-electron chi connectivity index (χ0n) is 32.8. The van der Waals surface area contributed by atoms with E-state index in [-0.39, 0.29) is 0 Å². The molecule has 0 saturated carbocycles. The van der Waals surface area contributed by atoms with Crippen LogP contribution in [0, 0.1) is 0 Å². The van der Waals surface area contributed by atoms with Gasteiger partial charge < -0.3 is 0 Å². The van der Waals surface area contributed by atoms with Crippen LogP contribution in [0.2, 0.25) is 180 Å². The lowest BCUT2D eigenvalue weighted by Gasteiger charge is -2.72. The van der Waals surface area contributed by atoms with Gasteiger partial charge in [0.05, 0.1) is 0 Å². The Morgan fingerprint density at radius 3 is 0.625 bits per heavy atom. The van der Waals surface area contributed by atoms with Crippen LogP contribution in [0.15, 0.2) is 0 Å². The minimum absolute atomic E-state index is 1.14. The third-order valence-corrected chi connectivity index (χ3v) is 229. The fourth-order valence-electron chi connectivity index (χ4n) is 13.2. The molecule has 1 aliphatic heterocycles. The summed E-state index contributed by atoms with van der Waals surface area (Å²) in [7, 11) is -12.4. The first-order valence-corrected chi connectivity index (χ1v) is 62.5. The van der Waals surface area contributed by atoms with Crippen LogP contribution >= 0.6 is 0 Å². The lowest BCUT2D eigenvalue weighted by atomic mass is 11.7. The summed E-state index contributed by atoms with van der Waals surface area (Å²) in [5, 5.41) is 0. The molecule has 1 saturated heterocycles. The molecule has 0 aromatic carbocycles. The van der Waals surface area contributed by atoms with E-state index >= 15 is 0 Å². The van der Waals surface area contributed by atoms with Gasteiger partial charge in [-0.05, 0) is 0 Å². The Hall–Kier alpha value is 2.60. The first-order chi connectivity index (χ1) is 16.8. The van der Waals surface area contributed by atoms with Crippen molar-refractivity contribution in [1.82, 2.24) is 0 Å². The molecule has 0 nitrogen and oxygen atoms in total. The van der Waals surface area contributed by atoms with E-state index in [1.807, 2.05) is 22.7 Å². The second-order valence-electron chi connectivity index (χ2n) is 23.1. The minimum atomic E-state index is -1.36. The predicted octanol–water partition coefficient (Wildman–Crippen LogP) is 11.3. The summed E-state index contributed by atoms with van der Waals surface area (Å²) < 4.78 is 0. The molecule has 1 fully saturated rings. The van der Waals surface area contributed by atoms with Crippen LogP contribution in [-0.2, 0) is 0 Å². The van der Waals surface area contributed by atoms with Crippen molar-refractivity contribution in [3.8, 4) is 0 Å². The first-order valence-electron chi connectivity index (χ1n) is 16.8. The maximum absolute atomic E-state index is 2.92. The summed E-state index contributed by atoms with van der Waals surface area (Å²) in [6.07, 6.45) is 0. The van der Waals surface area contributed by atoms with Gasteiger partial charge in [0.1, 0.15) is 0 Å². The van der Waals surface area contributed by atoms with Crippen LogP contribution in [0.4, 0.5) is 0 Å². The van der Waals surface area contributed by atoms with Crippen molar-refractivity contribution in [2.24, 2.45) is 0 Å². The van der Waals surface area contributed by atoms with Crippen LogP contribution in [0.3, 0.4) is 0 Å². The SMILES string of the molecule is C[Si](C)(C)[Si]1([Si](C)(C)C)C[Si](C[Si]([Si](C)(C)C)([Si](C)(C)C)[Si](C)(C)C)(C[Si]([Si](C)(C)C)([Si](C)(C)C)[Si](C)(C)C)C1. The van der Waals surface area contributed by atoms with Crippen LogP contribution in [0.1, 0.15) is 0 Å². The summed E-state index contributed by atoms with van der Waals surface area (Å²) in [6.45, 7) is 67.0. The van der Waals surface area contributed by atoms with Crippen molar-refractivity contribution < 1.29 is 0 Å². The molecule has 0 bridgehead atoms. The Labute approximate surface area is 266 Å². The van der Waals surface area contributed by atoms with Crippen LogP contribution in [0.5, 0.6) is 0 Å². The van der Waals surface area contributed by atoms with E-state index in [0.717, 1.165) is 0 Å². The predicted molar refractivity (Wildman–Crippen MR) is 229 cm³/mol. The Balaban J connectivity index is 4.31. The molecular weight excluding hydrogens is 673 g/mol. The maximum Gasteiger partial charge on any atom is 0.0410 e. The standard InChI is InChI=1S/C28H80Si12/c1-29(2,3)38(30(4,5)6)25-37(26-38,27-39(31(7,8)9,32(10,11)12)33(13,14)15)28-40(34(16,17)18,35(19,20)21)36(22,23)24/h25-28H2,1-24H3. The van der Waals surface area contributed by atoms with E-state index in [4.69, 9.17) is 0 Å². The van der Waals surface area contributed by atoms with Crippen molar-refractivity contribution in [3.63, 3.8) is 0 Å². The summed E-state index contributed by atoms with van der Waals surface area (Å²) in [6, 6.07) is 0. The highest BCUT2D eigenvalue weighted by Crippen LogP contribution is 2.60. The fourth-order valence-corrected chi connectivity index (χ4v) is 348. The molecule has 240 valence electrons. The zero-order chi connectivity index (χ0) is 32.8. The molecule has 0 N–H and O–H groups in total. The Morgan fingerprint density at radius 2 is 0.500 bits per heavy atom. The number of rotatable bonds is 12. The second kappa shape index (κ2) is 11.1. The Kier molecular flexibility index (Phi) is 11.3. The highest BCUT2D eigenvalue weighted by Gasteiger charge is 2.75. The summed E-state index contributed by atoms with van der Waals surface area (Å²) in [5.41, 5.74) is 7.76. The Bertz CT molecular complexity index is 753. The molecule has 12 heteroatoms. The highest BCUT2D eigenvalue weighted by atomic mass is 29.9. The number of hydrogen-bond acceptors (Lipinski definition) is 0. The fraction of sp³-hybridized carbons (Fsp3) is 1.00. The van der Waals surface area contributed by atoms with Crippen LogP contribution in [0.25, 0.3) is 0 Å². The minimum Gasteiger partial charge on any atom is -0.0719 e. The van der Waals surface area contributed by atoms with Crippen molar-refractivity contribution in [3.05, 3.63) is 0 Å². The second-order valence-corrected chi connectivity index (χ2v) is 141. The molecule has 0 aliphatic carbocycles. The van der Waals surface area contributed by atoms with E-state index in [2.05, 4.69) is 157 Å². The van der Waals surface area contributed by atoms with Crippen molar-refractivity contribution in [2.75, 3.05) is 0 Å². The first kappa shape index (κ1) is 40.6. The van der Waals surface area contributed by atoms with E-state index in [9.17, 15) is 0 Å². The van der Waals surface area contributed by atoms with E-state index in [1.165, 1.54) is 0 Å². The molecule has 1 aliphatic rings. The van der Waals surface area contributed by atoms with Gasteiger partial charge in [0.2, 0.25) is 0 Å². The van der Waals surface area contributed by atoms with Crippen molar-refractivity contribution in [1.29, 1.82) is 0 Å². The van der Waals surface area contributed by atoms with Gasteiger partial charge in [-0.2, -0.15) is 0 Å². The van der Waals surface area contributed by atoms with Gasteiger partial charge in [-0.1, -0.05) is 180 Å². The normalized spacial score (nSPS) is 20.4. The van der Waals surface area contributed by atoms with Crippen molar-refractivity contribution in [2.45, 2.75) is 180 Å². The topological polar surface area (TPSA) is 0 Å². The van der Waals surface area contributed by atoms with E-state index in [0.29, 0.717) is 0 Å². The lowest BCUT2D eigenvalue weighted by molar-refractivity contribution is 1.33. The quantitative estimate of drug-likeness (QED) is 0.174. The molecular formula is C28H80Si12. The average molecular weight is 754 g/mol. The smallest absolute Gasteiger partial charge is 0.0410 e. The molecule has 0 radical (unpaired) electrons. The van der Waals surface area contributed by atoms with Gasteiger partial charge in [0, 0.05) is 89.2 Å². The third-order valence-electron chi connectivity index (χ3n) is 13.2. The van der Waals surface area contributed by atoms with Gasteiger partial charge in [0.15, 0.2) is 0 Å². The maximum atomic E-state index is 2.92. The van der Waals surface area contributed by atoms with Gasteiger partial charge in [-0.25, -0.2) is 0 Å². The highest BCUT2D eigenvalue weighted by molar-refractivity contribution is 7.93. The van der Waals surface area contributed by atoms with Gasteiger partial charge in [-0.15, -0.1) is 0 Å². The molecule has 0 spiro atoms. The van der Waals surface area contributed by atoms with Crippen LogP contribution < -0.4 is 0 Å². The van der Waals surface area contributed by atoms with Gasteiger partial charge in [-0.3, -0.25) is 0 Å². The number of hydrogen-bond donors (Lipinski definition) is 0. The summed E-state index contributed by atoms with van der Waals surface area (Å²) in [4.78, 5) is 0. The molecule has 0 aromatic rings. The van der Waals surface area contributed by atoms with Gasteiger partial charge in [0.25, 0.3) is 0 Å². The largest absolute Gasteiger partial charge is 0.0719 e. The zero-order valence-corrected chi connectivity index (χ0v) is 44.8. The monoisotopic (exact) mass is 752 g/mol. The molecule has 40 heavy (non-hydrogen) atoms. The molecule has 1 rings (SSSR count). The molecule has 1 heterocycles. The lowest BCUT2D eigenvalue weighted by Crippen LogP contribution is -2.92. The van der Waals surface area contributed by atoms with Crippen LogP contribution in [-0.4, -0.2) is 89.2 Å². The Morgan fingerprint density at radius 1 is 0.325 bits per heavy atom. The van der Waals surface area contributed by atoms with Gasteiger partial charge >= 0.3 is 0 Å². The molecule has 0 unspecified atom stereocenters. The van der Waals surface area contributed by atoms with E-state index < -0.39 is 89.2 Å². The molecule has 0 amide bonds. The molecule has 0 atom stereocenters. The van der Waals surface area contributed by atoms with E-state index in [1.54, 1.807) is 0 Å². The molecule has 0 aromatic heterocycles.